The normalized spacial score (nSPS) is 18.9. The van der Waals surface area contributed by atoms with E-state index in [1.54, 1.807) is 6.92 Å². The Morgan fingerprint density at radius 1 is 0.833 bits per heavy atom. The van der Waals surface area contributed by atoms with Crippen molar-refractivity contribution in [2.75, 3.05) is 0 Å². The average molecular weight is 320 g/mol. The fraction of sp³-hybridized carbons (Fsp3) is 0.435. The molecule has 0 bridgehead atoms. The van der Waals surface area contributed by atoms with Crippen LogP contribution in [0.15, 0.2) is 60.7 Å². The molecule has 3 rings (SSSR count). The summed E-state index contributed by atoms with van der Waals surface area (Å²) in [6.07, 6.45) is 6.45. The van der Waals surface area contributed by atoms with Gasteiger partial charge in [-0.15, -0.1) is 0 Å². The molecule has 126 valence electrons. The van der Waals surface area contributed by atoms with E-state index in [0.717, 1.165) is 25.7 Å². The predicted molar refractivity (Wildman–Crippen MR) is 100 cm³/mol. The third-order valence-corrected chi connectivity index (χ3v) is 6.04. The first kappa shape index (κ1) is 17.0. The average Bonchev–Trinajstić information content (AvgIpc) is 2.63. The Morgan fingerprint density at radius 3 is 1.71 bits per heavy atom. The lowest BCUT2D eigenvalue weighted by Crippen LogP contribution is -2.37. The van der Waals surface area contributed by atoms with E-state index in [9.17, 15) is 4.79 Å². The van der Waals surface area contributed by atoms with Crippen molar-refractivity contribution in [3.05, 3.63) is 71.8 Å². The molecule has 0 aromatic heterocycles. The summed E-state index contributed by atoms with van der Waals surface area (Å²) >= 11 is 0. The number of carbonyl (C=O) groups excluding carboxylic acids is 1. The van der Waals surface area contributed by atoms with Gasteiger partial charge in [-0.3, -0.25) is 0 Å². The van der Waals surface area contributed by atoms with Crippen molar-refractivity contribution in [2.45, 2.75) is 57.8 Å². The van der Waals surface area contributed by atoms with Crippen LogP contribution in [-0.2, 0) is 10.2 Å². The molecule has 1 heteroatoms. The maximum Gasteiger partial charge on any atom is 0.129 e. The zero-order valence-electron chi connectivity index (χ0n) is 14.9. The maximum atomic E-state index is 11.4. The maximum absolute atomic E-state index is 11.4. The number of hydrogen-bond donors (Lipinski definition) is 0. The first-order valence-corrected chi connectivity index (χ1v) is 9.15. The van der Waals surface area contributed by atoms with Crippen LogP contribution >= 0.6 is 0 Å². The Hall–Kier alpha value is -1.89. The summed E-state index contributed by atoms with van der Waals surface area (Å²) in [6.45, 7) is 4.08. The van der Waals surface area contributed by atoms with Crippen molar-refractivity contribution in [3.8, 4) is 0 Å². The monoisotopic (exact) mass is 320 g/mol. The Bertz CT molecular complexity index is 622. The van der Waals surface area contributed by atoms with Crippen LogP contribution in [-0.4, -0.2) is 5.78 Å². The van der Waals surface area contributed by atoms with E-state index in [-0.39, 0.29) is 5.41 Å². The number of rotatable bonds is 5. The molecule has 1 fully saturated rings. The summed E-state index contributed by atoms with van der Waals surface area (Å²) in [5.41, 5.74) is 3.30. The van der Waals surface area contributed by atoms with Crippen molar-refractivity contribution in [2.24, 2.45) is 5.41 Å². The van der Waals surface area contributed by atoms with Crippen LogP contribution in [0.3, 0.4) is 0 Å². The van der Waals surface area contributed by atoms with Gasteiger partial charge >= 0.3 is 0 Å². The Balaban J connectivity index is 1.89. The highest BCUT2D eigenvalue weighted by atomic mass is 16.1. The Kier molecular flexibility index (Phi) is 4.89. The second kappa shape index (κ2) is 6.93. The summed E-state index contributed by atoms with van der Waals surface area (Å²) < 4.78 is 0. The first-order chi connectivity index (χ1) is 11.5. The molecular weight excluding hydrogens is 292 g/mol. The molecule has 0 spiro atoms. The number of benzene rings is 2. The van der Waals surface area contributed by atoms with Crippen LogP contribution in [0, 0.1) is 5.41 Å². The molecule has 0 amide bonds. The lowest BCUT2D eigenvalue weighted by molar-refractivity contribution is -0.117. The van der Waals surface area contributed by atoms with Crippen LogP contribution in [0.4, 0.5) is 0 Å². The van der Waals surface area contributed by atoms with Crippen LogP contribution in [0.2, 0.25) is 0 Å². The molecular formula is C23H28O. The fourth-order valence-corrected chi connectivity index (χ4v) is 4.27. The molecule has 1 nitrogen and oxygen atoms in total. The van der Waals surface area contributed by atoms with Gasteiger partial charge in [-0.25, -0.2) is 0 Å². The van der Waals surface area contributed by atoms with Gasteiger partial charge in [-0.1, -0.05) is 67.6 Å². The molecule has 1 saturated carbocycles. The van der Waals surface area contributed by atoms with Crippen LogP contribution < -0.4 is 0 Å². The van der Waals surface area contributed by atoms with Crippen molar-refractivity contribution >= 4 is 5.78 Å². The summed E-state index contributed by atoms with van der Waals surface area (Å²) in [4.78, 5) is 11.4. The lowest BCUT2D eigenvalue weighted by Gasteiger charge is -2.46. The number of ketones is 1. The van der Waals surface area contributed by atoms with E-state index < -0.39 is 0 Å². The predicted octanol–water partition coefficient (Wildman–Crippen LogP) is 5.92. The van der Waals surface area contributed by atoms with Crippen LogP contribution in [0.1, 0.15) is 63.5 Å². The van der Waals surface area contributed by atoms with Gasteiger partial charge in [0.2, 0.25) is 0 Å². The standard InChI is InChI=1S/C23H28O/c1-19(24)13-14-22(2)15-17-23(18-16-22,20-9-5-3-6-10-20)21-11-7-4-8-12-21/h3-12H,13-18H2,1-2H3. The summed E-state index contributed by atoms with van der Waals surface area (Å²) in [7, 11) is 0. The molecule has 0 atom stereocenters. The lowest BCUT2D eigenvalue weighted by atomic mass is 9.58. The highest BCUT2D eigenvalue weighted by molar-refractivity contribution is 5.75. The van der Waals surface area contributed by atoms with E-state index in [2.05, 4.69) is 67.6 Å². The third-order valence-electron chi connectivity index (χ3n) is 6.04. The second-order valence-corrected chi connectivity index (χ2v) is 7.83. The van der Waals surface area contributed by atoms with Gasteiger partial charge in [0.05, 0.1) is 0 Å². The third kappa shape index (κ3) is 3.45. The van der Waals surface area contributed by atoms with Crippen molar-refractivity contribution in [1.29, 1.82) is 0 Å². The van der Waals surface area contributed by atoms with Gasteiger partial charge in [-0.05, 0) is 55.6 Å². The van der Waals surface area contributed by atoms with Gasteiger partial charge < -0.3 is 4.79 Å². The van der Waals surface area contributed by atoms with E-state index in [1.807, 2.05) is 0 Å². The largest absolute Gasteiger partial charge is 0.300 e. The SMILES string of the molecule is CC(=O)CCC1(C)CCC(c2ccccc2)(c2ccccc2)CC1. The van der Waals surface area contributed by atoms with E-state index in [4.69, 9.17) is 0 Å². The molecule has 0 heterocycles. The molecule has 0 N–H and O–H groups in total. The molecule has 0 saturated heterocycles. The minimum atomic E-state index is 0.123. The summed E-state index contributed by atoms with van der Waals surface area (Å²) in [5.74, 6) is 0.319. The van der Waals surface area contributed by atoms with Gasteiger partial charge in [0.25, 0.3) is 0 Å². The van der Waals surface area contributed by atoms with Crippen molar-refractivity contribution < 1.29 is 4.79 Å². The van der Waals surface area contributed by atoms with Gasteiger partial charge in [0.15, 0.2) is 0 Å². The number of hydrogen-bond acceptors (Lipinski definition) is 1. The summed E-state index contributed by atoms with van der Waals surface area (Å²) in [5, 5.41) is 0. The van der Waals surface area contributed by atoms with Crippen molar-refractivity contribution in [3.63, 3.8) is 0 Å². The van der Waals surface area contributed by atoms with Gasteiger partial charge in [0, 0.05) is 11.8 Å². The first-order valence-electron chi connectivity index (χ1n) is 9.15. The molecule has 2 aromatic rings. The number of Topliss-reactive ketones (excluding diaryl/α,β-unsaturated/α-hetero) is 1. The zero-order valence-corrected chi connectivity index (χ0v) is 14.9. The van der Waals surface area contributed by atoms with Crippen LogP contribution in [0.25, 0.3) is 0 Å². The highest BCUT2D eigenvalue weighted by Crippen LogP contribution is 2.51. The Morgan fingerprint density at radius 2 is 1.29 bits per heavy atom. The molecule has 1 aliphatic rings. The molecule has 24 heavy (non-hydrogen) atoms. The molecule has 0 unspecified atom stereocenters. The minimum absolute atomic E-state index is 0.123. The fourth-order valence-electron chi connectivity index (χ4n) is 4.27. The molecule has 0 aliphatic heterocycles. The summed E-state index contributed by atoms with van der Waals surface area (Å²) in [6, 6.07) is 22.0. The van der Waals surface area contributed by atoms with Gasteiger partial charge in [-0.2, -0.15) is 0 Å². The van der Waals surface area contributed by atoms with Crippen molar-refractivity contribution in [1.82, 2.24) is 0 Å². The highest BCUT2D eigenvalue weighted by Gasteiger charge is 2.42. The van der Waals surface area contributed by atoms with E-state index in [0.29, 0.717) is 11.2 Å². The zero-order chi connectivity index (χ0) is 17.0. The topological polar surface area (TPSA) is 17.1 Å². The van der Waals surface area contributed by atoms with Gasteiger partial charge in [0.1, 0.15) is 5.78 Å². The molecule has 0 radical (unpaired) electrons. The molecule has 1 aliphatic carbocycles. The quantitative estimate of drug-likeness (QED) is 0.668. The van der Waals surface area contributed by atoms with E-state index in [1.165, 1.54) is 24.0 Å². The smallest absolute Gasteiger partial charge is 0.129 e. The van der Waals surface area contributed by atoms with Crippen LogP contribution in [0.5, 0.6) is 0 Å². The number of carbonyl (C=O) groups is 1. The van der Waals surface area contributed by atoms with E-state index >= 15 is 0 Å². The minimum Gasteiger partial charge on any atom is -0.300 e. The second-order valence-electron chi connectivity index (χ2n) is 7.83. The molecule has 2 aromatic carbocycles. The Labute approximate surface area is 146 Å².